The van der Waals surface area contributed by atoms with E-state index in [0.29, 0.717) is 48.6 Å². The molecule has 0 unspecified atom stereocenters. The average molecular weight is 594 g/mol. The molecule has 0 aliphatic carbocycles. The van der Waals surface area contributed by atoms with Gasteiger partial charge in [0.2, 0.25) is 11.8 Å². The summed E-state index contributed by atoms with van der Waals surface area (Å²) in [4.78, 5) is 46.3. The highest BCUT2D eigenvalue weighted by Crippen LogP contribution is 2.32. The second kappa shape index (κ2) is 14.2. The van der Waals surface area contributed by atoms with Gasteiger partial charge in [0, 0.05) is 37.6 Å². The first-order chi connectivity index (χ1) is 20.6. The van der Waals surface area contributed by atoms with Crippen molar-refractivity contribution in [3.8, 4) is 22.9 Å². The molecule has 4 rings (SSSR count). The Hall–Kier alpha value is -4.35. The lowest BCUT2D eigenvalue weighted by Crippen LogP contribution is -2.53. The zero-order chi connectivity index (χ0) is 31.1. The zero-order valence-corrected chi connectivity index (χ0v) is 25.9. The first-order valence-corrected chi connectivity index (χ1v) is 14.9. The number of hydrogen-bond donors (Lipinski definition) is 2. The van der Waals surface area contributed by atoms with Crippen molar-refractivity contribution in [2.45, 2.75) is 60.2 Å². The van der Waals surface area contributed by atoms with Crippen molar-refractivity contribution in [1.82, 2.24) is 34.9 Å². The fourth-order valence-corrected chi connectivity index (χ4v) is 5.10. The summed E-state index contributed by atoms with van der Waals surface area (Å²) in [7, 11) is 1.56. The SMILES string of the molecule is CCn1nc(CC(C)C)cc1C(=O)N1CCOc2cc(ccc2OC)-c2nccn2CCNC(=O)[C@@H](C(C)C)NC(=O)C1. The zero-order valence-electron chi connectivity index (χ0n) is 25.9. The molecule has 0 saturated heterocycles. The molecule has 3 heterocycles. The van der Waals surface area contributed by atoms with Gasteiger partial charge in [-0.25, -0.2) is 4.98 Å². The first kappa shape index (κ1) is 31.6. The number of benzene rings is 1. The predicted octanol–water partition coefficient (Wildman–Crippen LogP) is 2.77. The molecule has 0 fully saturated rings. The lowest BCUT2D eigenvalue weighted by atomic mass is 10.0. The summed E-state index contributed by atoms with van der Waals surface area (Å²) in [6, 6.07) is 6.57. The van der Waals surface area contributed by atoms with E-state index in [9.17, 15) is 14.4 Å². The van der Waals surface area contributed by atoms with E-state index in [2.05, 4.69) is 34.6 Å². The number of rotatable bonds is 6. The number of ether oxygens (including phenoxy) is 2. The molecule has 0 saturated carbocycles. The van der Waals surface area contributed by atoms with Gasteiger partial charge in [0.1, 0.15) is 30.7 Å². The summed E-state index contributed by atoms with van der Waals surface area (Å²) in [5, 5.41) is 10.4. The van der Waals surface area contributed by atoms with Gasteiger partial charge in [-0.1, -0.05) is 27.7 Å². The highest BCUT2D eigenvalue weighted by Gasteiger charge is 2.28. The van der Waals surface area contributed by atoms with Crippen molar-refractivity contribution in [3.63, 3.8) is 0 Å². The van der Waals surface area contributed by atoms with E-state index in [1.165, 1.54) is 4.90 Å². The van der Waals surface area contributed by atoms with Crippen LogP contribution in [-0.4, -0.2) is 81.3 Å². The molecule has 1 aromatic carbocycles. The van der Waals surface area contributed by atoms with Crippen molar-refractivity contribution >= 4 is 17.7 Å². The van der Waals surface area contributed by atoms with Gasteiger partial charge in [-0.05, 0) is 49.4 Å². The van der Waals surface area contributed by atoms with Crippen LogP contribution in [0.4, 0.5) is 0 Å². The van der Waals surface area contributed by atoms with Gasteiger partial charge in [0.15, 0.2) is 11.5 Å². The molecule has 2 N–H and O–H groups in total. The number of carbonyl (C=O) groups is 3. The molecular weight excluding hydrogens is 550 g/mol. The highest BCUT2D eigenvalue weighted by molar-refractivity contribution is 5.96. The van der Waals surface area contributed by atoms with Crippen LogP contribution < -0.4 is 20.1 Å². The van der Waals surface area contributed by atoms with Crippen LogP contribution in [0.2, 0.25) is 0 Å². The minimum absolute atomic E-state index is 0.0977. The Balaban J connectivity index is 1.68. The number of aromatic nitrogens is 4. The van der Waals surface area contributed by atoms with Crippen molar-refractivity contribution < 1.29 is 23.9 Å². The number of fused-ring (bicyclic) bond motifs is 4. The number of carbonyl (C=O) groups excluding carboxylic acids is 3. The van der Waals surface area contributed by atoms with E-state index in [1.807, 2.05) is 43.7 Å². The largest absolute Gasteiger partial charge is 0.493 e. The van der Waals surface area contributed by atoms with E-state index in [4.69, 9.17) is 9.47 Å². The van der Waals surface area contributed by atoms with E-state index in [0.717, 1.165) is 17.7 Å². The van der Waals surface area contributed by atoms with Crippen LogP contribution in [0.5, 0.6) is 11.5 Å². The molecule has 3 aromatic rings. The van der Waals surface area contributed by atoms with Gasteiger partial charge in [0.25, 0.3) is 5.91 Å². The summed E-state index contributed by atoms with van der Waals surface area (Å²) in [6.45, 7) is 11.1. The molecular formula is C31H43N7O5. The quantitative estimate of drug-likeness (QED) is 0.449. The third-order valence-corrected chi connectivity index (χ3v) is 7.26. The monoisotopic (exact) mass is 593 g/mol. The molecule has 1 aliphatic heterocycles. The second-order valence-corrected chi connectivity index (χ2v) is 11.4. The molecule has 1 aliphatic rings. The minimum atomic E-state index is -0.767. The maximum atomic E-state index is 13.9. The minimum Gasteiger partial charge on any atom is -0.493 e. The maximum absolute atomic E-state index is 13.9. The van der Waals surface area contributed by atoms with Crippen molar-refractivity contribution in [2.75, 3.05) is 33.4 Å². The van der Waals surface area contributed by atoms with Crippen LogP contribution in [0.1, 0.15) is 50.8 Å². The van der Waals surface area contributed by atoms with E-state index < -0.39 is 11.9 Å². The predicted molar refractivity (Wildman–Crippen MR) is 162 cm³/mol. The average Bonchev–Trinajstić information content (AvgIpc) is 3.60. The lowest BCUT2D eigenvalue weighted by molar-refractivity contribution is -0.130. The highest BCUT2D eigenvalue weighted by atomic mass is 16.5. The molecule has 1 atom stereocenters. The van der Waals surface area contributed by atoms with Gasteiger partial charge in [-0.3, -0.25) is 19.1 Å². The Morgan fingerprint density at radius 3 is 2.65 bits per heavy atom. The Labute approximate surface area is 252 Å². The van der Waals surface area contributed by atoms with Crippen LogP contribution in [0.15, 0.2) is 36.7 Å². The van der Waals surface area contributed by atoms with Gasteiger partial charge in [0.05, 0.1) is 19.3 Å². The van der Waals surface area contributed by atoms with Gasteiger partial charge >= 0.3 is 0 Å². The third kappa shape index (κ3) is 7.74. The molecule has 3 amide bonds. The van der Waals surface area contributed by atoms with Gasteiger partial charge in [-0.2, -0.15) is 5.10 Å². The number of amides is 3. The topological polar surface area (TPSA) is 133 Å². The summed E-state index contributed by atoms with van der Waals surface area (Å²) in [5.41, 5.74) is 2.04. The van der Waals surface area contributed by atoms with E-state index in [-0.39, 0.29) is 37.4 Å². The molecule has 0 radical (unpaired) electrons. The number of methoxy groups -OCH3 is 1. The number of nitrogens with one attached hydrogen (secondary N) is 2. The molecule has 12 heteroatoms. The van der Waals surface area contributed by atoms with Crippen molar-refractivity contribution in [1.29, 1.82) is 0 Å². The van der Waals surface area contributed by atoms with Gasteiger partial charge < -0.3 is 29.6 Å². The first-order valence-electron chi connectivity index (χ1n) is 14.9. The number of aryl methyl sites for hydroxylation is 1. The standard InChI is InChI=1S/C31H43N7O5/c1-7-38-24(18-23(35-38)16-20(2)3)31(41)37-14-15-43-26-17-22(8-9-25(26)42-6)29-32-10-12-36(29)13-11-33-30(40)28(21(4)5)34-27(39)19-37/h8-10,12,17-18,20-21,28H,7,11,13-16,19H2,1-6H3,(H,33,40)(H,34,39)/t28-/m1/s1. The van der Waals surface area contributed by atoms with Crippen LogP contribution in [0.25, 0.3) is 11.4 Å². The van der Waals surface area contributed by atoms with Crippen molar-refractivity contribution in [2.24, 2.45) is 11.8 Å². The van der Waals surface area contributed by atoms with Crippen LogP contribution in [-0.2, 0) is 29.1 Å². The Morgan fingerprint density at radius 2 is 1.95 bits per heavy atom. The summed E-state index contributed by atoms with van der Waals surface area (Å²) in [5.74, 6) is 0.869. The number of nitrogens with zero attached hydrogens (tertiary/aromatic N) is 5. The van der Waals surface area contributed by atoms with Crippen molar-refractivity contribution in [3.05, 3.63) is 48.0 Å². The molecule has 12 nitrogen and oxygen atoms in total. The molecule has 2 bridgehead atoms. The Bertz CT molecular complexity index is 1430. The molecule has 232 valence electrons. The maximum Gasteiger partial charge on any atom is 0.272 e. The summed E-state index contributed by atoms with van der Waals surface area (Å²) >= 11 is 0. The number of hydrogen-bond acceptors (Lipinski definition) is 7. The van der Waals surface area contributed by atoms with Crippen LogP contribution in [0, 0.1) is 11.8 Å². The third-order valence-electron chi connectivity index (χ3n) is 7.26. The smallest absolute Gasteiger partial charge is 0.272 e. The number of imidazole rings is 1. The fraction of sp³-hybridized carbons (Fsp3) is 0.516. The van der Waals surface area contributed by atoms with Crippen LogP contribution in [0.3, 0.4) is 0 Å². The van der Waals surface area contributed by atoms with E-state index in [1.54, 1.807) is 30.1 Å². The fourth-order valence-electron chi connectivity index (χ4n) is 5.10. The normalized spacial score (nSPS) is 16.7. The van der Waals surface area contributed by atoms with E-state index >= 15 is 0 Å². The summed E-state index contributed by atoms with van der Waals surface area (Å²) in [6.07, 6.45) is 4.28. The van der Waals surface area contributed by atoms with Crippen LogP contribution >= 0.6 is 0 Å². The summed E-state index contributed by atoms with van der Waals surface area (Å²) < 4.78 is 15.3. The Morgan fingerprint density at radius 1 is 1.16 bits per heavy atom. The molecule has 0 spiro atoms. The molecule has 43 heavy (non-hydrogen) atoms. The lowest BCUT2D eigenvalue weighted by Gasteiger charge is -2.26. The Kier molecular flexibility index (Phi) is 10.4. The molecule has 2 aromatic heterocycles. The second-order valence-electron chi connectivity index (χ2n) is 11.4. The van der Waals surface area contributed by atoms with Gasteiger partial charge in [-0.15, -0.1) is 0 Å².